The normalized spacial score (nSPS) is 17.4. The third kappa shape index (κ3) is 4.07. The van der Waals surface area contributed by atoms with Crippen LogP contribution in [0.1, 0.15) is 49.8 Å². The van der Waals surface area contributed by atoms with Gasteiger partial charge in [0.15, 0.2) is 0 Å². The number of aryl methyl sites for hydroxylation is 1. The molecule has 0 spiro atoms. The topological polar surface area (TPSA) is 32.3 Å². The Morgan fingerprint density at radius 1 is 1.15 bits per heavy atom. The van der Waals surface area contributed by atoms with Crippen molar-refractivity contribution < 1.29 is 4.79 Å². The standard InChI is InChI=1S/C22H28N2OS/c1-5-16-8-6-7-9-19(16)23-21(25)24-14-15-26-20(24)17-10-12-18(13-11-17)22(2,3)4/h6-13,20H,5,14-15H2,1-4H3,(H,23,25)/t20-/m1/s1. The van der Waals surface area contributed by atoms with E-state index in [4.69, 9.17) is 0 Å². The molecule has 2 aromatic rings. The molecular weight excluding hydrogens is 340 g/mol. The monoisotopic (exact) mass is 368 g/mol. The number of amides is 2. The second-order valence-corrected chi connectivity index (χ2v) is 8.92. The first-order chi connectivity index (χ1) is 12.4. The van der Waals surface area contributed by atoms with Crippen LogP contribution in [0, 0.1) is 0 Å². The smallest absolute Gasteiger partial charge is 0.308 e. The molecule has 3 rings (SSSR count). The minimum atomic E-state index is -0.0132. The van der Waals surface area contributed by atoms with E-state index in [1.54, 1.807) is 0 Å². The SMILES string of the molecule is CCc1ccccc1NC(=O)N1CCS[C@@H]1c1ccc(C(C)(C)C)cc1. The zero-order chi connectivity index (χ0) is 18.7. The molecule has 1 fully saturated rings. The summed E-state index contributed by atoms with van der Waals surface area (Å²) in [6, 6.07) is 16.7. The predicted octanol–water partition coefficient (Wildman–Crippen LogP) is 5.83. The second-order valence-electron chi connectivity index (χ2n) is 7.73. The van der Waals surface area contributed by atoms with Crippen LogP contribution in [0.2, 0.25) is 0 Å². The van der Waals surface area contributed by atoms with E-state index < -0.39 is 0 Å². The van der Waals surface area contributed by atoms with Gasteiger partial charge in [0.25, 0.3) is 0 Å². The molecule has 0 bridgehead atoms. The highest BCUT2D eigenvalue weighted by molar-refractivity contribution is 7.99. The van der Waals surface area contributed by atoms with Crippen molar-refractivity contribution in [3.8, 4) is 0 Å². The molecule has 0 aromatic heterocycles. The Morgan fingerprint density at radius 3 is 2.50 bits per heavy atom. The third-order valence-corrected chi connectivity index (χ3v) is 6.11. The Balaban J connectivity index is 1.76. The molecule has 1 N–H and O–H groups in total. The minimum absolute atomic E-state index is 0.0132. The molecule has 1 saturated heterocycles. The van der Waals surface area contributed by atoms with E-state index in [2.05, 4.69) is 63.3 Å². The summed E-state index contributed by atoms with van der Waals surface area (Å²) in [5.74, 6) is 0.967. The van der Waals surface area contributed by atoms with E-state index in [1.165, 1.54) is 16.7 Å². The van der Waals surface area contributed by atoms with Gasteiger partial charge in [0.2, 0.25) is 0 Å². The van der Waals surface area contributed by atoms with Crippen LogP contribution in [0.15, 0.2) is 48.5 Å². The Hall–Kier alpha value is -1.94. The highest BCUT2D eigenvalue weighted by Gasteiger charge is 2.31. The maximum Gasteiger partial charge on any atom is 0.323 e. The first kappa shape index (κ1) is 18.8. The number of hydrogen-bond donors (Lipinski definition) is 1. The zero-order valence-corrected chi connectivity index (χ0v) is 16.9. The first-order valence-corrected chi connectivity index (χ1v) is 10.3. The first-order valence-electron chi connectivity index (χ1n) is 9.27. The zero-order valence-electron chi connectivity index (χ0n) is 16.1. The average Bonchev–Trinajstić information content (AvgIpc) is 3.11. The summed E-state index contributed by atoms with van der Waals surface area (Å²) in [6.45, 7) is 9.54. The van der Waals surface area contributed by atoms with E-state index in [0.717, 1.165) is 24.4 Å². The van der Waals surface area contributed by atoms with Crippen molar-refractivity contribution in [2.45, 2.75) is 44.9 Å². The number of nitrogens with one attached hydrogen (secondary N) is 1. The molecule has 4 heteroatoms. The molecule has 0 aliphatic carbocycles. The van der Waals surface area contributed by atoms with E-state index in [1.807, 2.05) is 34.9 Å². The van der Waals surface area contributed by atoms with Gasteiger partial charge in [-0.05, 0) is 34.6 Å². The number of carbonyl (C=O) groups excluding carboxylic acids is 1. The number of carbonyl (C=O) groups is 1. The van der Waals surface area contributed by atoms with E-state index in [-0.39, 0.29) is 16.8 Å². The second kappa shape index (κ2) is 7.75. The average molecular weight is 369 g/mol. The van der Waals surface area contributed by atoms with Crippen LogP contribution in [0.5, 0.6) is 0 Å². The minimum Gasteiger partial charge on any atom is -0.308 e. The summed E-state index contributed by atoms with van der Waals surface area (Å²) in [5.41, 5.74) is 4.73. The highest BCUT2D eigenvalue weighted by atomic mass is 32.2. The molecule has 0 saturated carbocycles. The van der Waals surface area contributed by atoms with Gasteiger partial charge in [-0.1, -0.05) is 70.2 Å². The molecule has 2 amide bonds. The highest BCUT2D eigenvalue weighted by Crippen LogP contribution is 2.39. The fraction of sp³-hybridized carbons (Fsp3) is 0.409. The van der Waals surface area contributed by atoms with Crippen LogP contribution < -0.4 is 5.32 Å². The Bertz CT molecular complexity index is 764. The van der Waals surface area contributed by atoms with Gasteiger partial charge >= 0.3 is 6.03 Å². The van der Waals surface area contributed by atoms with Crippen molar-refractivity contribution in [1.82, 2.24) is 4.90 Å². The lowest BCUT2D eigenvalue weighted by Gasteiger charge is -2.26. The molecule has 0 radical (unpaired) electrons. The third-order valence-electron chi connectivity index (χ3n) is 4.85. The largest absolute Gasteiger partial charge is 0.323 e. The van der Waals surface area contributed by atoms with Crippen LogP contribution >= 0.6 is 11.8 Å². The van der Waals surface area contributed by atoms with E-state index >= 15 is 0 Å². The Kier molecular flexibility index (Phi) is 5.61. The molecule has 138 valence electrons. The van der Waals surface area contributed by atoms with Crippen LogP contribution in [-0.4, -0.2) is 23.2 Å². The van der Waals surface area contributed by atoms with Crippen LogP contribution in [0.4, 0.5) is 10.5 Å². The maximum absolute atomic E-state index is 12.9. The van der Waals surface area contributed by atoms with Gasteiger partial charge in [0.05, 0.1) is 0 Å². The molecule has 1 aliphatic rings. The van der Waals surface area contributed by atoms with Crippen molar-refractivity contribution in [3.63, 3.8) is 0 Å². The molecular formula is C22H28N2OS. The van der Waals surface area contributed by atoms with Gasteiger partial charge in [0.1, 0.15) is 5.37 Å². The molecule has 1 heterocycles. The molecule has 0 unspecified atom stereocenters. The summed E-state index contributed by atoms with van der Waals surface area (Å²) < 4.78 is 0. The molecule has 1 atom stereocenters. The van der Waals surface area contributed by atoms with Crippen molar-refractivity contribution in [2.75, 3.05) is 17.6 Å². The number of thioether (sulfide) groups is 1. The van der Waals surface area contributed by atoms with Crippen molar-refractivity contribution >= 4 is 23.5 Å². The fourth-order valence-electron chi connectivity index (χ4n) is 3.24. The lowest BCUT2D eigenvalue weighted by atomic mass is 9.87. The van der Waals surface area contributed by atoms with Gasteiger partial charge in [-0.15, -0.1) is 11.8 Å². The van der Waals surface area contributed by atoms with Crippen molar-refractivity contribution in [2.24, 2.45) is 0 Å². The lowest BCUT2D eigenvalue weighted by Crippen LogP contribution is -2.34. The molecule has 1 aliphatic heterocycles. The Labute approximate surface area is 161 Å². The number of hydrogen-bond acceptors (Lipinski definition) is 2. The number of benzene rings is 2. The number of para-hydroxylation sites is 1. The predicted molar refractivity (Wildman–Crippen MR) is 112 cm³/mol. The molecule has 26 heavy (non-hydrogen) atoms. The van der Waals surface area contributed by atoms with Crippen LogP contribution in [-0.2, 0) is 11.8 Å². The van der Waals surface area contributed by atoms with Crippen molar-refractivity contribution in [3.05, 3.63) is 65.2 Å². The number of anilines is 1. The van der Waals surface area contributed by atoms with Crippen molar-refractivity contribution in [1.29, 1.82) is 0 Å². The summed E-state index contributed by atoms with van der Waals surface area (Å²) >= 11 is 1.83. The van der Waals surface area contributed by atoms with Crippen LogP contribution in [0.25, 0.3) is 0 Å². The fourth-order valence-corrected chi connectivity index (χ4v) is 4.50. The Morgan fingerprint density at radius 2 is 1.85 bits per heavy atom. The van der Waals surface area contributed by atoms with E-state index in [9.17, 15) is 4.79 Å². The quantitative estimate of drug-likeness (QED) is 0.739. The van der Waals surface area contributed by atoms with E-state index in [0.29, 0.717) is 0 Å². The lowest BCUT2D eigenvalue weighted by molar-refractivity contribution is 0.214. The number of rotatable bonds is 3. The maximum atomic E-state index is 12.9. The molecule has 2 aromatic carbocycles. The van der Waals surface area contributed by atoms with Gasteiger partial charge in [-0.25, -0.2) is 4.79 Å². The molecule has 3 nitrogen and oxygen atoms in total. The summed E-state index contributed by atoms with van der Waals surface area (Å²) in [5, 5.41) is 3.19. The van der Waals surface area contributed by atoms with Gasteiger partial charge in [0, 0.05) is 18.0 Å². The summed E-state index contributed by atoms with van der Waals surface area (Å²) in [4.78, 5) is 14.8. The van der Waals surface area contributed by atoms with Crippen LogP contribution in [0.3, 0.4) is 0 Å². The summed E-state index contributed by atoms with van der Waals surface area (Å²) in [6.07, 6.45) is 0.906. The van der Waals surface area contributed by atoms with Gasteiger partial charge < -0.3 is 10.2 Å². The summed E-state index contributed by atoms with van der Waals surface area (Å²) in [7, 11) is 0. The van der Waals surface area contributed by atoms with Gasteiger partial charge in [-0.3, -0.25) is 0 Å². The number of urea groups is 1. The van der Waals surface area contributed by atoms with Gasteiger partial charge in [-0.2, -0.15) is 0 Å². The number of nitrogens with zero attached hydrogens (tertiary/aromatic N) is 1.